The average Bonchev–Trinajstić information content (AvgIpc) is 3.24. The van der Waals surface area contributed by atoms with Crippen LogP contribution in [-0.4, -0.2) is 46.9 Å². The van der Waals surface area contributed by atoms with Crippen LogP contribution in [0.4, 0.5) is 0 Å². The van der Waals surface area contributed by atoms with E-state index >= 15 is 0 Å². The van der Waals surface area contributed by atoms with Gasteiger partial charge in [-0.05, 0) is 51.4 Å². The first-order valence-electron chi connectivity index (χ1n) is 23.9. The number of hydrogen-bond donors (Lipinski definition) is 3. The first-order chi connectivity index (χ1) is 29.5. The van der Waals surface area contributed by atoms with Crippen molar-refractivity contribution >= 4 is 11.9 Å². The Hall–Kier alpha value is -3.74. The predicted octanol–water partition coefficient (Wildman–Crippen LogP) is 14.1. The molecule has 60 heavy (non-hydrogen) atoms. The molecular formula is C54H87NO5. The number of unbranched alkanes of at least 4 members (excludes halogenated alkanes) is 16. The molecule has 0 spiro atoms. The van der Waals surface area contributed by atoms with Crippen molar-refractivity contribution in [2.75, 3.05) is 6.61 Å². The molecule has 0 saturated carbocycles. The second-order valence-corrected chi connectivity index (χ2v) is 15.6. The number of allylic oxidation sites excluding steroid dienone is 20. The number of carbonyl (C=O) groups excluding carboxylic acids is 2. The third-order valence-electron chi connectivity index (χ3n) is 10.0. The van der Waals surface area contributed by atoms with Crippen LogP contribution in [0.5, 0.6) is 0 Å². The van der Waals surface area contributed by atoms with E-state index in [1.54, 1.807) is 0 Å². The molecule has 0 aliphatic heterocycles. The molecule has 3 atom stereocenters. The highest BCUT2D eigenvalue weighted by Crippen LogP contribution is 2.16. The fourth-order valence-electron chi connectivity index (χ4n) is 6.49. The lowest BCUT2D eigenvalue weighted by molar-refractivity contribution is -0.151. The first kappa shape index (κ1) is 56.3. The predicted molar refractivity (Wildman–Crippen MR) is 259 cm³/mol. The Labute approximate surface area is 368 Å². The first-order valence-corrected chi connectivity index (χ1v) is 23.9. The van der Waals surface area contributed by atoms with Crippen LogP contribution in [0.2, 0.25) is 0 Å². The van der Waals surface area contributed by atoms with Crippen molar-refractivity contribution in [3.05, 3.63) is 122 Å². The van der Waals surface area contributed by atoms with Gasteiger partial charge in [-0.25, -0.2) is 0 Å². The molecule has 6 nitrogen and oxygen atoms in total. The van der Waals surface area contributed by atoms with E-state index in [9.17, 15) is 19.8 Å². The van der Waals surface area contributed by atoms with E-state index in [1.807, 2.05) is 103 Å². The number of nitrogens with one attached hydrogen (secondary N) is 1. The van der Waals surface area contributed by atoms with Crippen LogP contribution in [-0.2, 0) is 14.3 Å². The summed E-state index contributed by atoms with van der Waals surface area (Å²) < 4.78 is 5.83. The quantitative estimate of drug-likeness (QED) is 0.0325. The Balaban J connectivity index is 4.80. The van der Waals surface area contributed by atoms with Crippen molar-refractivity contribution in [2.24, 2.45) is 0 Å². The Bertz CT molecular complexity index is 1300. The van der Waals surface area contributed by atoms with Crippen molar-refractivity contribution in [3.63, 3.8) is 0 Å². The Morgan fingerprint density at radius 3 is 1.33 bits per heavy atom. The van der Waals surface area contributed by atoms with E-state index in [4.69, 9.17) is 4.74 Å². The molecule has 6 heteroatoms. The van der Waals surface area contributed by atoms with Crippen LogP contribution < -0.4 is 5.32 Å². The van der Waals surface area contributed by atoms with Gasteiger partial charge in [-0.3, -0.25) is 9.59 Å². The molecule has 0 rings (SSSR count). The Kier molecular flexibility index (Phi) is 43.4. The summed E-state index contributed by atoms with van der Waals surface area (Å²) in [6.07, 6.45) is 64.1. The largest absolute Gasteiger partial charge is 0.462 e. The molecule has 0 aliphatic rings. The standard InChI is InChI=1S/C54H87NO5/c1-4-7-10-13-16-19-22-25-26-29-31-34-37-40-43-46-52(57)51(49-56)55-53(58)48-50(45-42-39-36-33-30-27-23-20-17-14-11-8-5-2)60-54(59)47-44-41-38-35-32-28-24-21-18-15-12-9-6-3/h8-9,11-12,14-15,17-18,20-21,23-24,27-28,30,32-33,35-36,38,50-52,56-57H,4-7,10,13,16,19,22,25-26,29,31,34,37,39-49H2,1-3H3,(H,55,58)/b11-8+,12-9+,17-14+,18-15+,23-20-,24-21-,30-27-,32-28-,36-33+,38-35+. The summed E-state index contributed by atoms with van der Waals surface area (Å²) in [6, 6.07) is -0.747. The van der Waals surface area contributed by atoms with Gasteiger partial charge in [0, 0.05) is 6.42 Å². The minimum Gasteiger partial charge on any atom is -0.462 e. The topological polar surface area (TPSA) is 95.9 Å². The number of carbonyl (C=O) groups is 2. The Morgan fingerprint density at radius 2 is 0.900 bits per heavy atom. The van der Waals surface area contributed by atoms with E-state index in [2.05, 4.69) is 44.3 Å². The fraction of sp³-hybridized carbons (Fsp3) is 0.593. The van der Waals surface area contributed by atoms with Gasteiger partial charge in [0.1, 0.15) is 6.10 Å². The van der Waals surface area contributed by atoms with Gasteiger partial charge >= 0.3 is 5.97 Å². The van der Waals surface area contributed by atoms with Crippen LogP contribution >= 0.6 is 0 Å². The number of esters is 1. The van der Waals surface area contributed by atoms with Crippen LogP contribution in [0.25, 0.3) is 0 Å². The number of aliphatic hydroxyl groups is 2. The highest BCUT2D eigenvalue weighted by atomic mass is 16.5. The summed E-state index contributed by atoms with van der Waals surface area (Å²) in [5.41, 5.74) is 0. The molecular weight excluding hydrogens is 743 g/mol. The van der Waals surface area contributed by atoms with Crippen LogP contribution in [0.3, 0.4) is 0 Å². The van der Waals surface area contributed by atoms with Crippen molar-refractivity contribution in [1.82, 2.24) is 5.32 Å². The zero-order chi connectivity index (χ0) is 43.8. The van der Waals surface area contributed by atoms with E-state index in [1.165, 1.54) is 77.0 Å². The van der Waals surface area contributed by atoms with Crippen molar-refractivity contribution in [1.29, 1.82) is 0 Å². The van der Waals surface area contributed by atoms with E-state index < -0.39 is 18.2 Å². The van der Waals surface area contributed by atoms with Gasteiger partial charge in [0.25, 0.3) is 0 Å². The lowest BCUT2D eigenvalue weighted by Gasteiger charge is -2.24. The Morgan fingerprint density at radius 1 is 0.500 bits per heavy atom. The lowest BCUT2D eigenvalue weighted by Crippen LogP contribution is -2.46. The summed E-state index contributed by atoms with van der Waals surface area (Å²) in [6.45, 7) is 6.13. The SMILES string of the molecule is CC/C=C/C=C/C=C\C=C/C=C/CCCC(=O)OC(CCC/C=C/C=C\C=C/C=C/C=C/CC)CC(=O)NC(CO)C(O)CCCCCCCCCCCCCCCCC. The number of aliphatic hydroxyl groups excluding tert-OH is 2. The van der Waals surface area contributed by atoms with Gasteiger partial charge in [0.05, 0.1) is 25.2 Å². The fourth-order valence-corrected chi connectivity index (χ4v) is 6.49. The maximum absolute atomic E-state index is 13.2. The summed E-state index contributed by atoms with van der Waals surface area (Å²) in [7, 11) is 0. The number of hydrogen-bond acceptors (Lipinski definition) is 5. The van der Waals surface area contributed by atoms with Crippen LogP contribution in [0, 0.1) is 0 Å². The van der Waals surface area contributed by atoms with E-state index in [-0.39, 0.29) is 31.3 Å². The second-order valence-electron chi connectivity index (χ2n) is 15.6. The molecule has 3 N–H and O–H groups in total. The van der Waals surface area contributed by atoms with E-state index in [0.717, 1.165) is 51.4 Å². The molecule has 0 aromatic heterocycles. The summed E-state index contributed by atoms with van der Waals surface area (Å²) in [5.74, 6) is -0.649. The lowest BCUT2D eigenvalue weighted by atomic mass is 10.0. The molecule has 0 aromatic rings. The third kappa shape index (κ3) is 41.0. The molecule has 0 aliphatic carbocycles. The monoisotopic (exact) mass is 830 g/mol. The number of ether oxygens (including phenoxy) is 1. The smallest absolute Gasteiger partial charge is 0.306 e. The van der Waals surface area contributed by atoms with Crippen LogP contribution in [0.15, 0.2) is 122 Å². The van der Waals surface area contributed by atoms with Crippen molar-refractivity contribution in [3.8, 4) is 0 Å². The molecule has 0 aromatic carbocycles. The normalized spacial score (nSPS) is 14.4. The second kappa shape index (κ2) is 46.3. The maximum Gasteiger partial charge on any atom is 0.306 e. The summed E-state index contributed by atoms with van der Waals surface area (Å²) >= 11 is 0. The summed E-state index contributed by atoms with van der Waals surface area (Å²) in [5, 5.41) is 23.7. The molecule has 3 unspecified atom stereocenters. The van der Waals surface area contributed by atoms with Gasteiger partial charge in [-0.2, -0.15) is 0 Å². The van der Waals surface area contributed by atoms with Gasteiger partial charge in [0.2, 0.25) is 5.91 Å². The number of rotatable bonds is 40. The highest BCUT2D eigenvalue weighted by molar-refractivity contribution is 5.77. The highest BCUT2D eigenvalue weighted by Gasteiger charge is 2.23. The van der Waals surface area contributed by atoms with Gasteiger partial charge in [0.15, 0.2) is 0 Å². The van der Waals surface area contributed by atoms with Crippen LogP contribution in [0.1, 0.15) is 181 Å². The number of amides is 1. The molecule has 0 heterocycles. The van der Waals surface area contributed by atoms with Gasteiger partial charge < -0.3 is 20.3 Å². The van der Waals surface area contributed by atoms with E-state index in [0.29, 0.717) is 19.3 Å². The van der Waals surface area contributed by atoms with Crippen molar-refractivity contribution < 1.29 is 24.5 Å². The molecule has 0 saturated heterocycles. The van der Waals surface area contributed by atoms with Gasteiger partial charge in [-0.15, -0.1) is 0 Å². The van der Waals surface area contributed by atoms with Crippen molar-refractivity contribution in [2.45, 2.75) is 200 Å². The molecule has 0 radical (unpaired) electrons. The molecule has 0 bridgehead atoms. The molecule has 0 fully saturated rings. The molecule has 1 amide bonds. The summed E-state index contributed by atoms with van der Waals surface area (Å²) in [4.78, 5) is 26.0. The minimum atomic E-state index is -0.826. The zero-order valence-electron chi connectivity index (χ0n) is 38.3. The molecule has 338 valence electrons. The average molecular weight is 830 g/mol. The van der Waals surface area contributed by atoms with Gasteiger partial charge in [-0.1, -0.05) is 239 Å². The third-order valence-corrected chi connectivity index (χ3v) is 10.0. The zero-order valence-corrected chi connectivity index (χ0v) is 38.3. The minimum absolute atomic E-state index is 0.00835. The maximum atomic E-state index is 13.2.